The number of hydrogen-bond acceptors (Lipinski definition) is 2. The summed E-state index contributed by atoms with van der Waals surface area (Å²) in [5.41, 5.74) is 0. The van der Waals surface area contributed by atoms with Crippen LogP contribution in [-0.2, 0) is 4.79 Å². The van der Waals surface area contributed by atoms with Gasteiger partial charge in [-0.15, -0.1) is 0 Å². The Morgan fingerprint density at radius 2 is 2.00 bits per heavy atom. The average Bonchev–Trinajstić information content (AvgIpc) is 3.19. The molecule has 1 N–H and O–H groups in total. The lowest BCUT2D eigenvalue weighted by molar-refractivity contribution is -0.134. The van der Waals surface area contributed by atoms with E-state index in [9.17, 15) is 4.79 Å². The minimum Gasteiger partial charge on any atom is -0.323 e. The van der Waals surface area contributed by atoms with Gasteiger partial charge in [-0.25, -0.2) is 0 Å². The molecule has 3 rings (SSSR count). The molecule has 3 fully saturated rings. The first-order valence-electron chi connectivity index (χ1n) is 9.15. The summed E-state index contributed by atoms with van der Waals surface area (Å²) in [6.45, 7) is 8.90. The molecule has 2 aliphatic carbocycles. The molecule has 3 heteroatoms. The molecule has 3 aliphatic rings. The summed E-state index contributed by atoms with van der Waals surface area (Å²) >= 11 is 0. The Hall–Kier alpha value is -0.570. The molecule has 1 amide bonds. The van der Waals surface area contributed by atoms with Crippen LogP contribution in [0.4, 0.5) is 0 Å². The Kier molecular flexibility index (Phi) is 4.31. The smallest absolute Gasteiger partial charge is 0.241 e. The van der Waals surface area contributed by atoms with E-state index in [0.717, 1.165) is 30.6 Å². The lowest BCUT2D eigenvalue weighted by Crippen LogP contribution is -2.47. The minimum atomic E-state index is 0.0426. The summed E-state index contributed by atoms with van der Waals surface area (Å²) in [6, 6.07) is 0.459. The van der Waals surface area contributed by atoms with Gasteiger partial charge < -0.3 is 4.90 Å². The van der Waals surface area contributed by atoms with Gasteiger partial charge in [0.2, 0.25) is 5.91 Å². The maximum absolute atomic E-state index is 12.9. The van der Waals surface area contributed by atoms with E-state index in [1.807, 2.05) is 0 Å². The number of carbonyl (C=O) groups excluding carboxylic acids is 1. The largest absolute Gasteiger partial charge is 0.323 e. The Morgan fingerprint density at radius 3 is 2.52 bits per heavy atom. The van der Waals surface area contributed by atoms with Crippen LogP contribution in [0.25, 0.3) is 0 Å². The molecule has 0 radical (unpaired) electrons. The zero-order chi connectivity index (χ0) is 15.1. The highest BCUT2D eigenvalue weighted by atomic mass is 16.2. The van der Waals surface area contributed by atoms with Crippen molar-refractivity contribution in [1.29, 1.82) is 0 Å². The third-order valence-electron chi connectivity index (χ3n) is 6.68. The van der Waals surface area contributed by atoms with Gasteiger partial charge in [-0.1, -0.05) is 33.6 Å². The highest BCUT2D eigenvalue weighted by molar-refractivity contribution is 5.85. The van der Waals surface area contributed by atoms with E-state index in [1.54, 1.807) is 0 Å². The molecule has 2 bridgehead atoms. The first kappa shape index (κ1) is 15.3. The second kappa shape index (κ2) is 5.91. The van der Waals surface area contributed by atoms with Crippen LogP contribution in [0.2, 0.25) is 0 Å². The van der Waals surface area contributed by atoms with Crippen LogP contribution >= 0.6 is 0 Å². The second-order valence-corrected chi connectivity index (χ2v) is 7.78. The van der Waals surface area contributed by atoms with E-state index >= 15 is 0 Å². The van der Waals surface area contributed by atoms with E-state index in [1.165, 1.54) is 25.7 Å². The molecule has 2 saturated carbocycles. The van der Waals surface area contributed by atoms with Crippen LogP contribution < -0.4 is 5.32 Å². The lowest BCUT2D eigenvalue weighted by atomic mass is 9.83. The first-order valence-corrected chi connectivity index (χ1v) is 9.15. The standard InChI is InChI=1S/C18H32N2O/c1-5-11(3)17-18(21)20(16(6-2)19-17)12(4)15-10-13-7-8-14(15)9-13/h11-17,19H,5-10H2,1-4H3. The normalized spacial score (nSPS) is 41.8. The summed E-state index contributed by atoms with van der Waals surface area (Å²) in [7, 11) is 0. The van der Waals surface area contributed by atoms with Crippen LogP contribution in [0, 0.1) is 23.7 Å². The zero-order valence-electron chi connectivity index (χ0n) is 14.1. The summed E-state index contributed by atoms with van der Waals surface area (Å²) in [4.78, 5) is 15.2. The predicted molar refractivity (Wildman–Crippen MR) is 85.7 cm³/mol. The topological polar surface area (TPSA) is 32.3 Å². The van der Waals surface area contributed by atoms with Gasteiger partial charge >= 0.3 is 0 Å². The maximum atomic E-state index is 12.9. The number of rotatable bonds is 5. The zero-order valence-corrected chi connectivity index (χ0v) is 14.1. The second-order valence-electron chi connectivity index (χ2n) is 7.78. The molecule has 21 heavy (non-hydrogen) atoms. The monoisotopic (exact) mass is 292 g/mol. The quantitative estimate of drug-likeness (QED) is 0.842. The molecule has 7 unspecified atom stereocenters. The van der Waals surface area contributed by atoms with Crippen LogP contribution in [0.1, 0.15) is 66.2 Å². The molecule has 1 aliphatic heterocycles. The van der Waals surface area contributed by atoms with Crippen molar-refractivity contribution in [3.05, 3.63) is 0 Å². The van der Waals surface area contributed by atoms with E-state index in [2.05, 4.69) is 37.9 Å². The van der Waals surface area contributed by atoms with Gasteiger partial charge in [0.15, 0.2) is 0 Å². The molecule has 0 aromatic rings. The maximum Gasteiger partial charge on any atom is 0.241 e. The first-order chi connectivity index (χ1) is 10.1. The number of fused-ring (bicyclic) bond motifs is 2. The summed E-state index contributed by atoms with van der Waals surface area (Å²) in [6.07, 6.45) is 7.97. The van der Waals surface area contributed by atoms with Crippen molar-refractivity contribution in [2.24, 2.45) is 23.7 Å². The molecule has 1 heterocycles. The molecule has 7 atom stereocenters. The number of nitrogens with zero attached hydrogens (tertiary/aromatic N) is 1. The van der Waals surface area contributed by atoms with Gasteiger partial charge in [0.25, 0.3) is 0 Å². The van der Waals surface area contributed by atoms with E-state index < -0.39 is 0 Å². The molecular formula is C18H32N2O. The van der Waals surface area contributed by atoms with E-state index in [-0.39, 0.29) is 12.2 Å². The molecule has 0 aromatic heterocycles. The molecule has 3 nitrogen and oxygen atoms in total. The van der Waals surface area contributed by atoms with Gasteiger partial charge in [-0.2, -0.15) is 0 Å². The number of carbonyl (C=O) groups is 1. The van der Waals surface area contributed by atoms with Crippen molar-refractivity contribution in [2.75, 3.05) is 0 Å². The average molecular weight is 292 g/mol. The fraction of sp³-hybridized carbons (Fsp3) is 0.944. The minimum absolute atomic E-state index is 0.0426. The number of amides is 1. The fourth-order valence-electron chi connectivity index (χ4n) is 5.21. The van der Waals surface area contributed by atoms with Crippen molar-refractivity contribution < 1.29 is 4.79 Å². The SMILES string of the molecule is CCC(C)C1NC(CC)N(C(C)C2CC3CCC2C3)C1=O. The number of hydrogen-bond donors (Lipinski definition) is 1. The lowest BCUT2D eigenvalue weighted by Gasteiger charge is -2.37. The molecule has 120 valence electrons. The summed E-state index contributed by atoms with van der Waals surface area (Å²) in [5.74, 6) is 3.39. The third-order valence-corrected chi connectivity index (χ3v) is 6.68. The number of nitrogens with one attached hydrogen (secondary N) is 1. The third kappa shape index (κ3) is 2.52. The van der Waals surface area contributed by atoms with Crippen LogP contribution in [-0.4, -0.2) is 29.1 Å². The molecule has 0 aromatic carbocycles. The fourth-order valence-corrected chi connectivity index (χ4v) is 5.21. The Balaban J connectivity index is 1.74. The Morgan fingerprint density at radius 1 is 1.24 bits per heavy atom. The predicted octanol–water partition coefficient (Wildman–Crippen LogP) is 3.39. The van der Waals surface area contributed by atoms with Gasteiger partial charge in [-0.05, 0) is 56.3 Å². The van der Waals surface area contributed by atoms with Crippen molar-refractivity contribution in [2.45, 2.75) is 84.5 Å². The van der Waals surface area contributed by atoms with Crippen molar-refractivity contribution in [1.82, 2.24) is 10.2 Å². The molecule has 1 saturated heterocycles. The highest BCUT2D eigenvalue weighted by Gasteiger charge is 2.48. The highest BCUT2D eigenvalue weighted by Crippen LogP contribution is 2.50. The van der Waals surface area contributed by atoms with Gasteiger partial charge in [-0.3, -0.25) is 10.1 Å². The van der Waals surface area contributed by atoms with Gasteiger partial charge in [0.05, 0.1) is 12.2 Å². The van der Waals surface area contributed by atoms with E-state index in [4.69, 9.17) is 0 Å². The van der Waals surface area contributed by atoms with Crippen LogP contribution in [0.5, 0.6) is 0 Å². The van der Waals surface area contributed by atoms with Crippen LogP contribution in [0.3, 0.4) is 0 Å². The van der Waals surface area contributed by atoms with Crippen molar-refractivity contribution in [3.8, 4) is 0 Å². The molecular weight excluding hydrogens is 260 g/mol. The van der Waals surface area contributed by atoms with Crippen molar-refractivity contribution >= 4 is 5.91 Å². The van der Waals surface area contributed by atoms with E-state index in [0.29, 0.717) is 17.9 Å². The van der Waals surface area contributed by atoms with Crippen molar-refractivity contribution in [3.63, 3.8) is 0 Å². The Bertz CT molecular complexity index is 397. The molecule has 0 spiro atoms. The summed E-state index contributed by atoms with van der Waals surface area (Å²) < 4.78 is 0. The summed E-state index contributed by atoms with van der Waals surface area (Å²) in [5, 5.41) is 3.62. The Labute approximate surface area is 129 Å². The van der Waals surface area contributed by atoms with Gasteiger partial charge in [0, 0.05) is 6.04 Å². The van der Waals surface area contributed by atoms with Gasteiger partial charge in [0.1, 0.15) is 0 Å². The van der Waals surface area contributed by atoms with Crippen LogP contribution in [0.15, 0.2) is 0 Å².